The van der Waals surface area contributed by atoms with Crippen LogP contribution in [0.5, 0.6) is 0 Å². The van der Waals surface area contributed by atoms with Gasteiger partial charge < -0.3 is 11.1 Å². The van der Waals surface area contributed by atoms with Crippen molar-refractivity contribution in [3.05, 3.63) is 40.5 Å². The molecule has 0 radical (unpaired) electrons. The molecular formula is C11H12N4S2. The minimum atomic E-state index is 0.266. The van der Waals surface area contributed by atoms with Gasteiger partial charge in [0, 0.05) is 6.54 Å². The van der Waals surface area contributed by atoms with Gasteiger partial charge in [-0.15, -0.1) is 0 Å². The number of thiocarbonyl (C=S) groups is 1. The maximum absolute atomic E-state index is 5.44. The fraction of sp³-hybridized carbons (Fsp3) is 0.182. The fourth-order valence-electron chi connectivity index (χ4n) is 1.32. The molecule has 0 aliphatic rings. The lowest BCUT2D eigenvalue weighted by atomic mass is 10.2. The third-order valence-electron chi connectivity index (χ3n) is 2.20. The lowest BCUT2D eigenvalue weighted by Gasteiger charge is -2.04. The van der Waals surface area contributed by atoms with E-state index >= 15 is 0 Å². The Hall–Kier alpha value is -1.53. The molecule has 88 valence electrons. The average molecular weight is 264 g/mol. The summed E-state index contributed by atoms with van der Waals surface area (Å²) in [6.45, 7) is 0.831. The number of thiophene rings is 1. The molecule has 17 heavy (non-hydrogen) atoms. The quantitative estimate of drug-likeness (QED) is 0.807. The minimum absolute atomic E-state index is 0.266. The Bertz CT molecular complexity index is 479. The summed E-state index contributed by atoms with van der Waals surface area (Å²) >= 11 is 6.51. The van der Waals surface area contributed by atoms with E-state index < -0.39 is 0 Å². The fourth-order valence-corrected chi connectivity index (χ4v) is 2.12. The van der Waals surface area contributed by atoms with E-state index in [9.17, 15) is 0 Å². The van der Waals surface area contributed by atoms with E-state index in [0.717, 1.165) is 18.8 Å². The summed E-state index contributed by atoms with van der Waals surface area (Å²) in [6, 6.07) is 2.12. The van der Waals surface area contributed by atoms with E-state index in [2.05, 4.69) is 32.1 Å². The number of hydrogen-bond donors (Lipinski definition) is 2. The third kappa shape index (κ3) is 3.47. The summed E-state index contributed by atoms with van der Waals surface area (Å²) in [6.07, 6.45) is 4.19. The van der Waals surface area contributed by atoms with E-state index in [4.69, 9.17) is 18.0 Å². The number of aromatic nitrogens is 2. The Kier molecular flexibility index (Phi) is 4.00. The zero-order valence-corrected chi connectivity index (χ0v) is 10.7. The molecule has 0 aliphatic heterocycles. The molecule has 0 amide bonds. The molecule has 2 aromatic rings. The standard InChI is InChI=1S/C11H12N4S2/c12-11(16)9-5-15-10(6-14-9)13-3-1-8-2-4-17-7-8/h2,4-7H,1,3H2,(H2,12,16)(H,13,15). The molecular weight excluding hydrogens is 252 g/mol. The van der Waals surface area contributed by atoms with Crippen LogP contribution in [0.2, 0.25) is 0 Å². The highest BCUT2D eigenvalue weighted by Gasteiger charge is 1.99. The van der Waals surface area contributed by atoms with Gasteiger partial charge in [0.2, 0.25) is 0 Å². The van der Waals surface area contributed by atoms with Crippen molar-refractivity contribution >= 4 is 34.4 Å². The predicted octanol–water partition coefficient (Wildman–Crippen LogP) is 1.83. The second-order valence-electron chi connectivity index (χ2n) is 3.46. The maximum atomic E-state index is 5.44. The van der Waals surface area contributed by atoms with Crippen molar-refractivity contribution in [2.45, 2.75) is 6.42 Å². The van der Waals surface area contributed by atoms with Crippen LogP contribution >= 0.6 is 23.6 Å². The van der Waals surface area contributed by atoms with Crippen molar-refractivity contribution in [3.8, 4) is 0 Å². The summed E-state index contributed by atoms with van der Waals surface area (Å²) < 4.78 is 0. The molecule has 2 heterocycles. The molecule has 0 aliphatic carbocycles. The Labute approximate surface area is 109 Å². The molecule has 0 bridgehead atoms. The zero-order valence-electron chi connectivity index (χ0n) is 9.09. The van der Waals surface area contributed by atoms with E-state index in [-0.39, 0.29) is 4.99 Å². The number of nitrogens with two attached hydrogens (primary N) is 1. The molecule has 0 saturated heterocycles. The number of hydrogen-bond acceptors (Lipinski definition) is 5. The highest BCUT2D eigenvalue weighted by atomic mass is 32.1. The molecule has 0 unspecified atom stereocenters. The van der Waals surface area contributed by atoms with Gasteiger partial charge in [-0.1, -0.05) is 12.2 Å². The normalized spacial score (nSPS) is 10.1. The van der Waals surface area contributed by atoms with E-state index in [0.29, 0.717) is 5.69 Å². The Morgan fingerprint density at radius 1 is 1.41 bits per heavy atom. The molecule has 2 aromatic heterocycles. The average Bonchev–Trinajstić information content (AvgIpc) is 2.83. The maximum Gasteiger partial charge on any atom is 0.144 e. The molecule has 0 fully saturated rings. The van der Waals surface area contributed by atoms with Crippen molar-refractivity contribution in [1.82, 2.24) is 9.97 Å². The Morgan fingerprint density at radius 3 is 2.88 bits per heavy atom. The first-order valence-electron chi connectivity index (χ1n) is 5.12. The molecule has 0 atom stereocenters. The first kappa shape index (κ1) is 11.9. The van der Waals surface area contributed by atoms with Crippen LogP contribution in [0.25, 0.3) is 0 Å². The summed E-state index contributed by atoms with van der Waals surface area (Å²) in [5.41, 5.74) is 7.31. The van der Waals surface area contributed by atoms with Crippen molar-refractivity contribution in [3.63, 3.8) is 0 Å². The smallest absolute Gasteiger partial charge is 0.144 e. The topological polar surface area (TPSA) is 63.8 Å². The molecule has 0 aromatic carbocycles. The molecule has 0 saturated carbocycles. The third-order valence-corrected chi connectivity index (χ3v) is 3.15. The van der Waals surface area contributed by atoms with E-state index in [1.807, 2.05) is 0 Å². The van der Waals surface area contributed by atoms with Crippen molar-refractivity contribution in [1.29, 1.82) is 0 Å². The van der Waals surface area contributed by atoms with Gasteiger partial charge in [0.05, 0.1) is 12.4 Å². The van der Waals surface area contributed by atoms with Gasteiger partial charge in [-0.25, -0.2) is 9.97 Å². The first-order valence-corrected chi connectivity index (χ1v) is 6.47. The predicted molar refractivity (Wildman–Crippen MR) is 74.4 cm³/mol. The van der Waals surface area contributed by atoms with Gasteiger partial charge in [0.1, 0.15) is 16.5 Å². The Balaban J connectivity index is 1.85. The molecule has 4 nitrogen and oxygen atoms in total. The van der Waals surface area contributed by atoms with Crippen LogP contribution in [-0.2, 0) is 6.42 Å². The van der Waals surface area contributed by atoms with Crippen LogP contribution in [0.1, 0.15) is 11.3 Å². The van der Waals surface area contributed by atoms with Crippen LogP contribution in [0.3, 0.4) is 0 Å². The van der Waals surface area contributed by atoms with Gasteiger partial charge in [-0.2, -0.15) is 11.3 Å². The van der Waals surface area contributed by atoms with Crippen LogP contribution in [-0.4, -0.2) is 21.5 Å². The van der Waals surface area contributed by atoms with Crippen molar-refractivity contribution < 1.29 is 0 Å². The van der Waals surface area contributed by atoms with Gasteiger partial charge >= 0.3 is 0 Å². The molecule has 0 spiro atoms. The second kappa shape index (κ2) is 5.70. The van der Waals surface area contributed by atoms with E-state index in [1.165, 1.54) is 5.56 Å². The van der Waals surface area contributed by atoms with Crippen molar-refractivity contribution in [2.24, 2.45) is 5.73 Å². The van der Waals surface area contributed by atoms with Gasteiger partial charge in [0.15, 0.2) is 0 Å². The highest BCUT2D eigenvalue weighted by Crippen LogP contribution is 2.07. The summed E-state index contributed by atoms with van der Waals surface area (Å²) in [5.74, 6) is 0.736. The second-order valence-corrected chi connectivity index (χ2v) is 4.68. The van der Waals surface area contributed by atoms with Crippen LogP contribution < -0.4 is 11.1 Å². The zero-order chi connectivity index (χ0) is 12.1. The van der Waals surface area contributed by atoms with Gasteiger partial charge in [0.25, 0.3) is 0 Å². The lowest BCUT2D eigenvalue weighted by Crippen LogP contribution is -2.13. The monoisotopic (exact) mass is 264 g/mol. The van der Waals surface area contributed by atoms with E-state index in [1.54, 1.807) is 23.7 Å². The largest absolute Gasteiger partial charge is 0.388 e. The minimum Gasteiger partial charge on any atom is -0.388 e. The molecule has 6 heteroatoms. The van der Waals surface area contributed by atoms with Crippen LogP contribution in [0, 0.1) is 0 Å². The molecule has 2 rings (SSSR count). The van der Waals surface area contributed by atoms with Gasteiger partial charge in [-0.3, -0.25) is 0 Å². The van der Waals surface area contributed by atoms with Crippen LogP contribution in [0.15, 0.2) is 29.2 Å². The molecule has 3 N–H and O–H groups in total. The number of anilines is 1. The van der Waals surface area contributed by atoms with Gasteiger partial charge in [-0.05, 0) is 28.8 Å². The summed E-state index contributed by atoms with van der Waals surface area (Å²) in [5, 5.41) is 7.41. The summed E-state index contributed by atoms with van der Waals surface area (Å²) in [4.78, 5) is 8.55. The number of rotatable bonds is 5. The summed E-state index contributed by atoms with van der Waals surface area (Å²) in [7, 11) is 0. The SMILES string of the molecule is NC(=S)c1cnc(NCCc2ccsc2)cn1. The van der Waals surface area contributed by atoms with Crippen LogP contribution in [0.4, 0.5) is 5.82 Å². The van der Waals surface area contributed by atoms with Crippen molar-refractivity contribution in [2.75, 3.05) is 11.9 Å². The number of nitrogens with zero attached hydrogens (tertiary/aromatic N) is 2. The first-order chi connectivity index (χ1) is 8.25. The highest BCUT2D eigenvalue weighted by molar-refractivity contribution is 7.80. The Morgan fingerprint density at radius 2 is 2.29 bits per heavy atom. The number of nitrogens with one attached hydrogen (secondary N) is 1. The lowest BCUT2D eigenvalue weighted by molar-refractivity contribution is 1.00.